The average molecular weight is 263 g/mol. The van der Waals surface area contributed by atoms with Crippen LogP contribution in [0.5, 0.6) is 5.75 Å². The predicted octanol–water partition coefficient (Wildman–Crippen LogP) is 3.37. The Balaban J connectivity index is 2.30. The summed E-state index contributed by atoms with van der Waals surface area (Å²) in [7, 11) is 1.66. The van der Waals surface area contributed by atoms with E-state index in [4.69, 9.17) is 4.74 Å². The molecule has 0 aromatic heterocycles. The molecule has 1 aromatic carbocycles. The molecule has 0 aliphatic carbocycles. The van der Waals surface area contributed by atoms with E-state index in [1.807, 2.05) is 12.1 Å². The zero-order valence-electron chi connectivity index (χ0n) is 12.4. The number of benzene rings is 1. The normalized spacial score (nSPS) is 20.2. The van der Waals surface area contributed by atoms with Gasteiger partial charge in [-0.15, -0.1) is 0 Å². The zero-order chi connectivity index (χ0) is 14.0. The van der Waals surface area contributed by atoms with Crippen LogP contribution >= 0.6 is 0 Å². The molecule has 1 aromatic rings. The minimum absolute atomic E-state index is 0.431. The van der Waals surface area contributed by atoms with Crippen molar-refractivity contribution in [3.8, 4) is 5.75 Å². The van der Waals surface area contributed by atoms with Crippen LogP contribution in [0.3, 0.4) is 0 Å². The first-order valence-corrected chi connectivity index (χ1v) is 7.04. The summed E-state index contributed by atoms with van der Waals surface area (Å²) >= 11 is 0. The van der Waals surface area contributed by atoms with E-state index < -0.39 is 6.10 Å². The fourth-order valence-corrected chi connectivity index (χ4v) is 2.76. The van der Waals surface area contributed by atoms with E-state index in [1.54, 1.807) is 14.0 Å². The number of methoxy groups -OCH3 is 1. The Hall–Kier alpha value is -1.22. The Morgan fingerprint density at radius 1 is 1.26 bits per heavy atom. The smallest absolute Gasteiger partial charge is 0.126 e. The first-order valence-electron chi connectivity index (χ1n) is 7.04. The van der Waals surface area contributed by atoms with E-state index in [1.165, 1.54) is 12.8 Å². The second kappa shape index (κ2) is 5.41. The molecular weight excluding hydrogens is 238 g/mol. The second-order valence-corrected chi connectivity index (χ2v) is 6.22. The van der Waals surface area contributed by atoms with Crippen molar-refractivity contribution in [1.29, 1.82) is 0 Å². The highest BCUT2D eigenvalue weighted by Crippen LogP contribution is 2.38. The minimum atomic E-state index is -0.513. The summed E-state index contributed by atoms with van der Waals surface area (Å²) < 4.78 is 5.39. The van der Waals surface area contributed by atoms with Crippen molar-refractivity contribution in [1.82, 2.24) is 0 Å². The molecule has 0 saturated carbocycles. The van der Waals surface area contributed by atoms with Crippen LogP contribution in [0.4, 0.5) is 5.69 Å². The SMILES string of the molecule is COc1cccc(N2CCC(C)(C)CC2)c1[C@H](C)O. The maximum Gasteiger partial charge on any atom is 0.126 e. The van der Waals surface area contributed by atoms with Crippen molar-refractivity contribution in [3.63, 3.8) is 0 Å². The maximum absolute atomic E-state index is 10.0. The second-order valence-electron chi connectivity index (χ2n) is 6.22. The lowest BCUT2D eigenvalue weighted by Gasteiger charge is -2.39. The Morgan fingerprint density at radius 3 is 2.42 bits per heavy atom. The molecule has 1 aliphatic heterocycles. The predicted molar refractivity (Wildman–Crippen MR) is 78.9 cm³/mol. The summed E-state index contributed by atoms with van der Waals surface area (Å²) in [6.07, 6.45) is 1.86. The molecule has 0 unspecified atom stereocenters. The van der Waals surface area contributed by atoms with Gasteiger partial charge in [0.05, 0.1) is 13.2 Å². The number of anilines is 1. The highest BCUT2D eigenvalue weighted by Gasteiger charge is 2.27. The molecule has 1 aliphatic rings. The minimum Gasteiger partial charge on any atom is -0.496 e. The van der Waals surface area contributed by atoms with Gasteiger partial charge >= 0.3 is 0 Å². The average Bonchev–Trinajstić information content (AvgIpc) is 2.37. The van der Waals surface area contributed by atoms with Crippen LogP contribution in [0.1, 0.15) is 45.3 Å². The zero-order valence-corrected chi connectivity index (χ0v) is 12.4. The molecule has 1 saturated heterocycles. The molecule has 1 heterocycles. The summed E-state index contributed by atoms with van der Waals surface area (Å²) in [6, 6.07) is 6.00. The Kier molecular flexibility index (Phi) is 4.04. The third-order valence-electron chi connectivity index (χ3n) is 4.14. The van der Waals surface area contributed by atoms with E-state index in [0.717, 1.165) is 30.1 Å². The molecule has 19 heavy (non-hydrogen) atoms. The first kappa shape index (κ1) is 14.2. The molecule has 0 bridgehead atoms. The number of rotatable bonds is 3. The van der Waals surface area contributed by atoms with Crippen molar-refractivity contribution < 1.29 is 9.84 Å². The monoisotopic (exact) mass is 263 g/mol. The fraction of sp³-hybridized carbons (Fsp3) is 0.625. The topological polar surface area (TPSA) is 32.7 Å². The van der Waals surface area contributed by atoms with Gasteiger partial charge in [-0.05, 0) is 37.3 Å². The van der Waals surface area contributed by atoms with Crippen LogP contribution in [-0.2, 0) is 0 Å². The van der Waals surface area contributed by atoms with E-state index in [9.17, 15) is 5.11 Å². The number of ether oxygens (including phenoxy) is 1. The summed E-state index contributed by atoms with van der Waals surface area (Å²) in [5.41, 5.74) is 2.45. The summed E-state index contributed by atoms with van der Waals surface area (Å²) in [5.74, 6) is 0.775. The summed E-state index contributed by atoms with van der Waals surface area (Å²) in [5, 5.41) is 10.0. The number of hydrogen-bond acceptors (Lipinski definition) is 3. The van der Waals surface area contributed by atoms with Crippen LogP contribution in [0.25, 0.3) is 0 Å². The Morgan fingerprint density at radius 2 is 1.89 bits per heavy atom. The molecule has 3 nitrogen and oxygen atoms in total. The lowest BCUT2D eigenvalue weighted by molar-refractivity contribution is 0.194. The summed E-state index contributed by atoms with van der Waals surface area (Å²) in [4.78, 5) is 2.37. The lowest BCUT2D eigenvalue weighted by atomic mass is 9.82. The molecule has 0 amide bonds. The number of piperidine rings is 1. The van der Waals surface area contributed by atoms with E-state index in [-0.39, 0.29) is 0 Å². The highest BCUT2D eigenvalue weighted by molar-refractivity contribution is 5.60. The number of hydrogen-bond donors (Lipinski definition) is 1. The van der Waals surface area contributed by atoms with Gasteiger partial charge in [0, 0.05) is 24.3 Å². The fourth-order valence-electron chi connectivity index (χ4n) is 2.76. The van der Waals surface area contributed by atoms with Crippen molar-refractivity contribution >= 4 is 5.69 Å². The standard InChI is InChI=1S/C16H25NO2/c1-12(18)15-13(6-5-7-14(15)19-4)17-10-8-16(2,3)9-11-17/h5-7,12,18H,8-11H2,1-4H3/t12-/m0/s1. The van der Waals surface area contributed by atoms with E-state index in [2.05, 4.69) is 24.8 Å². The van der Waals surface area contributed by atoms with Crippen LogP contribution in [0, 0.1) is 5.41 Å². The molecule has 3 heteroatoms. The van der Waals surface area contributed by atoms with Crippen LogP contribution < -0.4 is 9.64 Å². The third kappa shape index (κ3) is 3.03. The van der Waals surface area contributed by atoms with Crippen LogP contribution in [-0.4, -0.2) is 25.3 Å². The number of aliphatic hydroxyl groups is 1. The number of nitrogens with zero attached hydrogens (tertiary/aromatic N) is 1. The van der Waals surface area contributed by atoms with Gasteiger partial charge < -0.3 is 14.7 Å². The molecule has 2 rings (SSSR count). The van der Waals surface area contributed by atoms with E-state index >= 15 is 0 Å². The highest BCUT2D eigenvalue weighted by atomic mass is 16.5. The van der Waals surface area contributed by atoms with Gasteiger partial charge in [0.1, 0.15) is 5.75 Å². The summed E-state index contributed by atoms with van der Waals surface area (Å²) in [6.45, 7) is 8.53. The quantitative estimate of drug-likeness (QED) is 0.907. The Labute approximate surface area is 116 Å². The molecule has 1 atom stereocenters. The van der Waals surface area contributed by atoms with Gasteiger partial charge in [-0.3, -0.25) is 0 Å². The lowest BCUT2D eigenvalue weighted by Crippen LogP contribution is -2.37. The van der Waals surface area contributed by atoms with E-state index in [0.29, 0.717) is 5.41 Å². The molecule has 1 N–H and O–H groups in total. The van der Waals surface area contributed by atoms with Gasteiger partial charge in [0.2, 0.25) is 0 Å². The van der Waals surface area contributed by atoms with Crippen LogP contribution in [0.15, 0.2) is 18.2 Å². The van der Waals surface area contributed by atoms with Gasteiger partial charge in [-0.1, -0.05) is 19.9 Å². The maximum atomic E-state index is 10.0. The molecule has 0 spiro atoms. The number of aliphatic hydroxyl groups excluding tert-OH is 1. The van der Waals surface area contributed by atoms with Gasteiger partial charge in [0.25, 0.3) is 0 Å². The van der Waals surface area contributed by atoms with Crippen molar-refractivity contribution in [3.05, 3.63) is 23.8 Å². The largest absolute Gasteiger partial charge is 0.496 e. The Bertz CT molecular complexity index is 430. The van der Waals surface area contributed by atoms with Gasteiger partial charge in [0.15, 0.2) is 0 Å². The molecule has 1 fully saturated rings. The van der Waals surface area contributed by atoms with Gasteiger partial charge in [-0.2, -0.15) is 0 Å². The molecule has 0 radical (unpaired) electrons. The van der Waals surface area contributed by atoms with Crippen LogP contribution in [0.2, 0.25) is 0 Å². The molecular formula is C16H25NO2. The van der Waals surface area contributed by atoms with Crippen molar-refractivity contribution in [2.24, 2.45) is 5.41 Å². The third-order valence-corrected chi connectivity index (χ3v) is 4.14. The first-order chi connectivity index (χ1) is 8.94. The van der Waals surface area contributed by atoms with Crippen molar-refractivity contribution in [2.75, 3.05) is 25.1 Å². The van der Waals surface area contributed by atoms with Gasteiger partial charge in [-0.25, -0.2) is 0 Å². The molecule has 106 valence electrons. The van der Waals surface area contributed by atoms with Crippen molar-refractivity contribution in [2.45, 2.75) is 39.7 Å².